The summed E-state index contributed by atoms with van der Waals surface area (Å²) in [5.41, 5.74) is 5.12. The van der Waals surface area contributed by atoms with E-state index in [9.17, 15) is 14.4 Å². The summed E-state index contributed by atoms with van der Waals surface area (Å²) in [6.07, 6.45) is 0.748. The number of carbonyl (C=O) groups is 3. The summed E-state index contributed by atoms with van der Waals surface area (Å²) in [5, 5.41) is 3.32. The largest absolute Gasteiger partial charge is 0.489 e. The van der Waals surface area contributed by atoms with Crippen LogP contribution in [0.5, 0.6) is 0 Å². The minimum Gasteiger partial charge on any atom is -0.489 e. The SMILES string of the molecule is CCCCOC1=C(C)C(=O)C2=C(C1=O)[C@@H](COC(N)=O)[C@@]1(OC)C3NC3CN21. The zero-order valence-corrected chi connectivity index (χ0v) is 16.2. The van der Waals surface area contributed by atoms with Gasteiger partial charge in [-0.15, -0.1) is 0 Å². The maximum atomic E-state index is 13.4. The van der Waals surface area contributed by atoms with Crippen LogP contribution in [0.3, 0.4) is 0 Å². The van der Waals surface area contributed by atoms with Gasteiger partial charge in [-0.1, -0.05) is 13.3 Å². The molecule has 3 heterocycles. The number of allylic oxidation sites excluding steroid dienone is 2. The number of rotatable bonds is 7. The summed E-state index contributed by atoms with van der Waals surface area (Å²) in [5.74, 6) is -1.15. The Morgan fingerprint density at radius 1 is 1.36 bits per heavy atom. The van der Waals surface area contributed by atoms with Crippen LogP contribution in [-0.2, 0) is 23.8 Å². The first-order valence-corrected chi connectivity index (χ1v) is 9.56. The molecule has 28 heavy (non-hydrogen) atoms. The number of ketones is 2. The number of Topliss-reactive ketones (excluding diaryl/α,β-unsaturated/α-hetero) is 2. The normalized spacial score (nSPS) is 33.1. The van der Waals surface area contributed by atoms with Crippen LogP contribution in [0, 0.1) is 5.92 Å². The van der Waals surface area contributed by atoms with E-state index in [1.54, 1.807) is 14.0 Å². The quantitative estimate of drug-likeness (QED) is 0.358. The van der Waals surface area contributed by atoms with E-state index in [0.29, 0.717) is 24.4 Å². The van der Waals surface area contributed by atoms with Crippen molar-refractivity contribution in [3.05, 3.63) is 22.6 Å². The van der Waals surface area contributed by atoms with Crippen LogP contribution in [0.15, 0.2) is 22.6 Å². The number of carbonyl (C=O) groups excluding carboxylic acids is 3. The van der Waals surface area contributed by atoms with Crippen molar-refractivity contribution in [3.8, 4) is 0 Å². The molecule has 3 aliphatic heterocycles. The van der Waals surface area contributed by atoms with Crippen molar-refractivity contribution in [2.75, 3.05) is 26.9 Å². The second-order valence-corrected chi connectivity index (χ2v) is 7.58. The number of amides is 1. The molecule has 0 spiro atoms. The van der Waals surface area contributed by atoms with Crippen LogP contribution in [0.25, 0.3) is 0 Å². The standard InChI is InChI=1S/C19H25N3O6/c1-4-5-6-27-16-9(2)14(23)13-12(15(16)24)10(8-28-18(20)25)19(26-3)17-11(21-17)7-22(13)19/h10-11,17,21H,4-8H2,1-3H3,(H2,20,25)/t10-,11?,17?,19-/m1/s1. The molecule has 0 aromatic carbocycles. The summed E-state index contributed by atoms with van der Waals surface area (Å²) < 4.78 is 16.7. The Balaban J connectivity index is 1.74. The fraction of sp³-hybridized carbons (Fsp3) is 0.632. The van der Waals surface area contributed by atoms with Gasteiger partial charge < -0.3 is 30.2 Å². The fourth-order valence-corrected chi connectivity index (χ4v) is 4.76. The second-order valence-electron chi connectivity index (χ2n) is 7.58. The number of methoxy groups -OCH3 is 1. The fourth-order valence-electron chi connectivity index (χ4n) is 4.76. The third kappa shape index (κ3) is 2.42. The average molecular weight is 391 g/mol. The predicted molar refractivity (Wildman–Crippen MR) is 96.8 cm³/mol. The maximum Gasteiger partial charge on any atom is 0.404 e. The first kappa shape index (κ1) is 18.9. The summed E-state index contributed by atoms with van der Waals surface area (Å²) in [4.78, 5) is 39.7. The second kappa shape index (κ2) is 6.59. The number of fused-ring (bicyclic) bond motifs is 4. The number of nitrogens with two attached hydrogens (primary N) is 1. The smallest absolute Gasteiger partial charge is 0.404 e. The summed E-state index contributed by atoms with van der Waals surface area (Å²) in [6.45, 7) is 4.39. The van der Waals surface area contributed by atoms with Crippen LogP contribution in [0.4, 0.5) is 4.79 Å². The molecule has 1 amide bonds. The van der Waals surface area contributed by atoms with E-state index < -0.39 is 17.7 Å². The molecule has 0 aromatic rings. The zero-order valence-electron chi connectivity index (χ0n) is 16.2. The van der Waals surface area contributed by atoms with Crippen molar-refractivity contribution in [3.63, 3.8) is 0 Å². The number of hydrogen-bond donors (Lipinski definition) is 2. The minimum atomic E-state index is -0.963. The van der Waals surface area contributed by atoms with E-state index in [1.165, 1.54) is 0 Å². The molecular weight excluding hydrogens is 366 g/mol. The predicted octanol–water partition coefficient (Wildman–Crippen LogP) is 0.207. The van der Waals surface area contributed by atoms with E-state index in [1.807, 2.05) is 11.8 Å². The number of hydrogen-bond acceptors (Lipinski definition) is 8. The van der Waals surface area contributed by atoms with Crippen LogP contribution < -0.4 is 11.1 Å². The molecule has 4 aliphatic rings. The molecule has 0 radical (unpaired) electrons. The van der Waals surface area contributed by atoms with E-state index in [4.69, 9.17) is 19.9 Å². The summed E-state index contributed by atoms with van der Waals surface area (Å²) >= 11 is 0. The molecule has 152 valence electrons. The Hall–Kier alpha value is -2.39. The molecule has 9 nitrogen and oxygen atoms in total. The number of nitrogens with zero attached hydrogens (tertiary/aromatic N) is 1. The highest BCUT2D eigenvalue weighted by Gasteiger charge is 2.72. The Labute approximate surface area is 162 Å². The van der Waals surface area contributed by atoms with Gasteiger partial charge in [-0.25, -0.2) is 4.79 Å². The molecule has 4 rings (SSSR count). The number of unbranched alkanes of at least 4 members (excludes halogenated alkanes) is 1. The van der Waals surface area contributed by atoms with Gasteiger partial charge in [-0.05, 0) is 13.3 Å². The van der Waals surface area contributed by atoms with E-state index in [-0.39, 0.29) is 41.6 Å². The van der Waals surface area contributed by atoms with Gasteiger partial charge in [0.25, 0.3) is 0 Å². The maximum absolute atomic E-state index is 13.4. The molecule has 3 N–H and O–H groups in total. The van der Waals surface area contributed by atoms with Crippen LogP contribution >= 0.6 is 0 Å². The molecule has 2 fully saturated rings. The lowest BCUT2D eigenvalue weighted by atomic mass is 9.83. The molecule has 0 bridgehead atoms. The van der Waals surface area contributed by atoms with Crippen molar-refractivity contribution in [2.45, 2.75) is 44.5 Å². The van der Waals surface area contributed by atoms with Gasteiger partial charge in [-0.2, -0.15) is 0 Å². The van der Waals surface area contributed by atoms with Crippen LogP contribution in [0.2, 0.25) is 0 Å². The van der Waals surface area contributed by atoms with Crippen molar-refractivity contribution >= 4 is 17.7 Å². The minimum absolute atomic E-state index is 0.0602. The molecule has 2 unspecified atom stereocenters. The highest BCUT2D eigenvalue weighted by Crippen LogP contribution is 2.55. The third-order valence-electron chi connectivity index (χ3n) is 6.12. The Morgan fingerprint density at radius 3 is 2.75 bits per heavy atom. The molecule has 1 aliphatic carbocycles. The lowest BCUT2D eigenvalue weighted by molar-refractivity contribution is -0.137. The lowest BCUT2D eigenvalue weighted by Gasteiger charge is -2.39. The topological polar surface area (TPSA) is 130 Å². The number of ether oxygens (including phenoxy) is 3. The molecule has 4 atom stereocenters. The first-order chi connectivity index (χ1) is 13.4. The highest BCUT2D eigenvalue weighted by atomic mass is 16.6. The highest BCUT2D eigenvalue weighted by molar-refractivity contribution is 6.25. The van der Waals surface area contributed by atoms with Crippen molar-refractivity contribution < 1.29 is 28.6 Å². The van der Waals surface area contributed by atoms with E-state index in [2.05, 4.69) is 5.32 Å². The van der Waals surface area contributed by atoms with Gasteiger partial charge in [0.15, 0.2) is 11.5 Å². The van der Waals surface area contributed by atoms with Gasteiger partial charge in [0.1, 0.15) is 6.61 Å². The van der Waals surface area contributed by atoms with Gasteiger partial charge in [0.2, 0.25) is 11.6 Å². The first-order valence-electron chi connectivity index (χ1n) is 9.56. The number of primary amides is 1. The average Bonchev–Trinajstić information content (AvgIpc) is 3.27. The van der Waals surface area contributed by atoms with E-state index in [0.717, 1.165) is 12.8 Å². The number of piperazine rings is 1. The molecule has 0 saturated carbocycles. The van der Waals surface area contributed by atoms with Crippen LogP contribution in [0.1, 0.15) is 26.7 Å². The van der Waals surface area contributed by atoms with Gasteiger partial charge in [0.05, 0.1) is 24.3 Å². The van der Waals surface area contributed by atoms with Gasteiger partial charge in [0, 0.05) is 30.8 Å². The molecule has 9 heteroatoms. The van der Waals surface area contributed by atoms with Crippen molar-refractivity contribution in [1.82, 2.24) is 10.2 Å². The third-order valence-corrected chi connectivity index (χ3v) is 6.12. The van der Waals surface area contributed by atoms with Gasteiger partial charge in [-0.3, -0.25) is 9.59 Å². The zero-order chi connectivity index (χ0) is 20.2. The van der Waals surface area contributed by atoms with Gasteiger partial charge >= 0.3 is 6.09 Å². The summed E-state index contributed by atoms with van der Waals surface area (Å²) in [6, 6.07) is 0.106. The van der Waals surface area contributed by atoms with Crippen LogP contribution in [-0.4, -0.2) is 67.2 Å². The van der Waals surface area contributed by atoms with Crippen molar-refractivity contribution in [2.24, 2.45) is 11.7 Å². The van der Waals surface area contributed by atoms with E-state index >= 15 is 0 Å². The lowest BCUT2D eigenvalue weighted by Crippen LogP contribution is -2.55. The molecule has 2 saturated heterocycles. The Bertz CT molecular complexity index is 818. The molecule has 0 aromatic heterocycles. The number of nitrogens with one attached hydrogen (secondary N) is 1. The Kier molecular flexibility index (Phi) is 4.46. The molecular formula is C19H25N3O6. The Morgan fingerprint density at radius 2 is 2.11 bits per heavy atom. The van der Waals surface area contributed by atoms with Crippen molar-refractivity contribution in [1.29, 1.82) is 0 Å². The monoisotopic (exact) mass is 391 g/mol. The summed E-state index contributed by atoms with van der Waals surface area (Å²) in [7, 11) is 1.54.